The summed E-state index contributed by atoms with van der Waals surface area (Å²) in [7, 11) is 3.55. The highest BCUT2D eigenvalue weighted by Gasteiger charge is 2.55. The van der Waals surface area contributed by atoms with Crippen LogP contribution in [0.5, 0.6) is 0 Å². The van der Waals surface area contributed by atoms with Crippen molar-refractivity contribution in [2.45, 2.75) is 37.4 Å². The molecule has 16 heavy (non-hydrogen) atoms. The first-order chi connectivity index (χ1) is 7.81. The summed E-state index contributed by atoms with van der Waals surface area (Å²) >= 11 is 0. The standard InChI is InChI=1S/C9H16N2O5/c1-10-8-12-3-4-5(14-8)6-7(13-4)16-9(11-2)15-6/h4-11H,3H2,1-2H3. The van der Waals surface area contributed by atoms with Crippen LogP contribution in [0.2, 0.25) is 0 Å². The van der Waals surface area contributed by atoms with Gasteiger partial charge in [-0.1, -0.05) is 0 Å². The lowest BCUT2D eigenvalue weighted by atomic mass is 10.1. The third-order valence-corrected chi connectivity index (χ3v) is 2.97. The van der Waals surface area contributed by atoms with Gasteiger partial charge in [-0.3, -0.25) is 10.6 Å². The summed E-state index contributed by atoms with van der Waals surface area (Å²) in [6.45, 7) is 0.486. The molecule has 0 aromatic rings. The Bertz CT molecular complexity index is 266. The van der Waals surface area contributed by atoms with Crippen molar-refractivity contribution >= 4 is 0 Å². The van der Waals surface area contributed by atoms with Crippen LogP contribution in [0, 0.1) is 0 Å². The maximum atomic E-state index is 5.68. The molecule has 0 saturated carbocycles. The molecule has 0 aliphatic carbocycles. The molecule has 0 aromatic heterocycles. The van der Waals surface area contributed by atoms with E-state index < -0.39 is 12.8 Å². The number of fused-ring (bicyclic) bond motifs is 3. The first-order valence-corrected chi connectivity index (χ1v) is 5.40. The van der Waals surface area contributed by atoms with Crippen LogP contribution in [0.1, 0.15) is 0 Å². The topological polar surface area (TPSA) is 70.2 Å². The van der Waals surface area contributed by atoms with E-state index in [9.17, 15) is 0 Å². The highest BCUT2D eigenvalue weighted by molar-refractivity contribution is 4.93. The molecule has 6 unspecified atom stereocenters. The van der Waals surface area contributed by atoms with Gasteiger partial charge in [-0.2, -0.15) is 0 Å². The van der Waals surface area contributed by atoms with Crippen molar-refractivity contribution in [3.8, 4) is 0 Å². The van der Waals surface area contributed by atoms with E-state index in [4.69, 9.17) is 23.7 Å². The number of hydrogen-bond donors (Lipinski definition) is 2. The van der Waals surface area contributed by atoms with Crippen LogP contribution in [-0.2, 0) is 23.7 Å². The van der Waals surface area contributed by atoms with Crippen molar-refractivity contribution in [2.24, 2.45) is 0 Å². The smallest absolute Gasteiger partial charge is 0.218 e. The van der Waals surface area contributed by atoms with Crippen LogP contribution in [-0.4, -0.2) is 58.1 Å². The minimum atomic E-state index is -0.421. The fourth-order valence-corrected chi connectivity index (χ4v) is 2.19. The quantitative estimate of drug-likeness (QED) is 0.603. The molecule has 2 N–H and O–H groups in total. The Balaban J connectivity index is 1.68. The van der Waals surface area contributed by atoms with E-state index in [1.807, 2.05) is 0 Å². The highest BCUT2D eigenvalue weighted by Crippen LogP contribution is 2.35. The van der Waals surface area contributed by atoms with Crippen LogP contribution < -0.4 is 10.6 Å². The lowest BCUT2D eigenvalue weighted by molar-refractivity contribution is -0.278. The summed E-state index contributed by atoms with van der Waals surface area (Å²) in [5.74, 6) is 0. The van der Waals surface area contributed by atoms with Gasteiger partial charge in [0.1, 0.15) is 18.3 Å². The molecule has 3 aliphatic rings. The summed E-state index contributed by atoms with van der Waals surface area (Å²) in [4.78, 5) is 0. The molecule has 92 valence electrons. The molecule has 0 spiro atoms. The summed E-state index contributed by atoms with van der Waals surface area (Å²) in [6, 6.07) is 0. The second-order valence-electron chi connectivity index (χ2n) is 3.95. The second kappa shape index (κ2) is 4.19. The van der Waals surface area contributed by atoms with E-state index in [0.717, 1.165) is 0 Å². The van der Waals surface area contributed by atoms with Gasteiger partial charge in [-0.15, -0.1) is 0 Å². The first kappa shape index (κ1) is 10.8. The van der Waals surface area contributed by atoms with Gasteiger partial charge in [-0.25, -0.2) is 0 Å². The Morgan fingerprint density at radius 2 is 1.62 bits per heavy atom. The van der Waals surface area contributed by atoms with E-state index in [1.54, 1.807) is 14.1 Å². The maximum Gasteiger partial charge on any atom is 0.218 e. The van der Waals surface area contributed by atoms with Crippen molar-refractivity contribution in [1.82, 2.24) is 10.6 Å². The van der Waals surface area contributed by atoms with Gasteiger partial charge in [0.05, 0.1) is 6.61 Å². The average molecular weight is 232 g/mol. The SMILES string of the molecule is CNC1OCC2OC3OC(NC)OC3C2O1. The van der Waals surface area contributed by atoms with Gasteiger partial charge in [0.2, 0.25) is 12.8 Å². The normalized spacial score (nSPS) is 51.4. The molecule has 3 rings (SSSR count). The first-order valence-electron chi connectivity index (χ1n) is 5.40. The van der Waals surface area contributed by atoms with Crippen molar-refractivity contribution < 1.29 is 23.7 Å². The molecule has 0 aromatic carbocycles. The fourth-order valence-electron chi connectivity index (χ4n) is 2.19. The largest absolute Gasteiger partial charge is 0.341 e. The number of rotatable bonds is 2. The second-order valence-corrected chi connectivity index (χ2v) is 3.95. The van der Waals surface area contributed by atoms with Gasteiger partial charge in [0.25, 0.3) is 0 Å². The molecular weight excluding hydrogens is 216 g/mol. The minimum absolute atomic E-state index is 0.114. The third-order valence-electron chi connectivity index (χ3n) is 2.97. The summed E-state index contributed by atoms with van der Waals surface area (Å²) in [5, 5.41) is 5.80. The van der Waals surface area contributed by atoms with E-state index in [0.29, 0.717) is 6.61 Å². The predicted molar refractivity (Wildman–Crippen MR) is 51.1 cm³/mol. The van der Waals surface area contributed by atoms with Crippen LogP contribution in [0.15, 0.2) is 0 Å². The molecule has 3 heterocycles. The molecular formula is C9H16N2O5. The Morgan fingerprint density at radius 1 is 0.875 bits per heavy atom. The van der Waals surface area contributed by atoms with Gasteiger partial charge in [0, 0.05) is 0 Å². The number of nitrogens with one attached hydrogen (secondary N) is 2. The Labute approximate surface area is 93.3 Å². The monoisotopic (exact) mass is 232 g/mol. The summed E-state index contributed by atoms with van der Waals surface area (Å²) < 4.78 is 27.8. The molecule has 3 saturated heterocycles. The highest BCUT2D eigenvalue weighted by atomic mass is 16.9. The van der Waals surface area contributed by atoms with E-state index in [1.165, 1.54) is 0 Å². The van der Waals surface area contributed by atoms with Crippen molar-refractivity contribution in [3.63, 3.8) is 0 Å². The van der Waals surface area contributed by atoms with Crippen LogP contribution in [0.4, 0.5) is 0 Å². The zero-order valence-corrected chi connectivity index (χ0v) is 9.21. The number of hydrogen-bond acceptors (Lipinski definition) is 7. The van der Waals surface area contributed by atoms with Gasteiger partial charge in [-0.05, 0) is 14.1 Å². The van der Waals surface area contributed by atoms with Crippen LogP contribution >= 0.6 is 0 Å². The molecule has 7 heteroatoms. The Hall–Kier alpha value is -0.280. The Kier molecular flexibility index (Phi) is 2.84. The van der Waals surface area contributed by atoms with Crippen molar-refractivity contribution in [1.29, 1.82) is 0 Å². The minimum Gasteiger partial charge on any atom is -0.341 e. The molecule has 6 atom stereocenters. The summed E-state index contributed by atoms with van der Waals surface area (Å²) in [6.07, 6.45) is -1.64. The van der Waals surface area contributed by atoms with Crippen LogP contribution in [0.25, 0.3) is 0 Å². The zero-order chi connectivity index (χ0) is 11.1. The molecule has 3 aliphatic heterocycles. The molecule has 7 nitrogen and oxygen atoms in total. The van der Waals surface area contributed by atoms with Gasteiger partial charge >= 0.3 is 0 Å². The molecule has 0 bridgehead atoms. The van der Waals surface area contributed by atoms with Gasteiger partial charge < -0.3 is 23.7 Å². The van der Waals surface area contributed by atoms with Crippen molar-refractivity contribution in [3.05, 3.63) is 0 Å². The molecule has 3 fully saturated rings. The lowest BCUT2D eigenvalue weighted by Gasteiger charge is -2.32. The van der Waals surface area contributed by atoms with Gasteiger partial charge in [0.15, 0.2) is 6.29 Å². The zero-order valence-electron chi connectivity index (χ0n) is 9.21. The molecule has 0 amide bonds. The molecule has 0 radical (unpaired) electrons. The van der Waals surface area contributed by atoms with Crippen molar-refractivity contribution in [2.75, 3.05) is 20.7 Å². The Morgan fingerprint density at radius 3 is 2.38 bits per heavy atom. The lowest BCUT2D eigenvalue weighted by Crippen LogP contribution is -2.50. The van der Waals surface area contributed by atoms with Crippen LogP contribution in [0.3, 0.4) is 0 Å². The fraction of sp³-hybridized carbons (Fsp3) is 1.00. The maximum absolute atomic E-state index is 5.68. The van der Waals surface area contributed by atoms with E-state index in [-0.39, 0.29) is 24.6 Å². The predicted octanol–water partition coefficient (Wildman–Crippen LogP) is -1.45. The summed E-state index contributed by atoms with van der Waals surface area (Å²) in [5.41, 5.74) is 0. The van der Waals surface area contributed by atoms with E-state index >= 15 is 0 Å². The number of ether oxygens (including phenoxy) is 5. The average Bonchev–Trinajstić information content (AvgIpc) is 2.85. The third kappa shape index (κ3) is 1.65. The van der Waals surface area contributed by atoms with E-state index in [2.05, 4.69) is 10.6 Å².